The third-order valence-corrected chi connectivity index (χ3v) is 5.21. The van der Waals surface area contributed by atoms with Crippen molar-refractivity contribution in [3.8, 4) is 5.75 Å². The van der Waals surface area contributed by atoms with Crippen LogP contribution in [-0.4, -0.2) is 24.6 Å². The highest BCUT2D eigenvalue weighted by atomic mass is 79.9. The second kappa shape index (κ2) is 11.1. The number of anilines is 1. The molecule has 0 aliphatic carbocycles. The zero-order valence-corrected chi connectivity index (χ0v) is 19.9. The largest absolute Gasteiger partial charge is 0.483 e. The van der Waals surface area contributed by atoms with E-state index in [1.54, 1.807) is 66.7 Å². The molecule has 3 aromatic carbocycles. The van der Waals surface area contributed by atoms with Crippen molar-refractivity contribution in [1.82, 2.24) is 5.43 Å². The van der Waals surface area contributed by atoms with Crippen molar-refractivity contribution in [1.29, 1.82) is 0 Å². The average Bonchev–Trinajstić information content (AvgIpc) is 2.75. The van der Waals surface area contributed by atoms with Crippen LogP contribution in [0.3, 0.4) is 0 Å². The van der Waals surface area contributed by atoms with Crippen LogP contribution >= 0.6 is 43.5 Å². The minimum absolute atomic E-state index is 0.198. The van der Waals surface area contributed by atoms with E-state index in [0.29, 0.717) is 27.6 Å². The maximum absolute atomic E-state index is 12.2. The van der Waals surface area contributed by atoms with Crippen molar-refractivity contribution in [3.05, 3.63) is 91.8 Å². The molecule has 0 aliphatic rings. The van der Waals surface area contributed by atoms with E-state index in [0.717, 1.165) is 8.95 Å². The number of amides is 2. The van der Waals surface area contributed by atoms with E-state index in [9.17, 15) is 9.59 Å². The number of carbonyl (C=O) groups is 2. The molecule has 0 heterocycles. The maximum Gasteiger partial charge on any atom is 0.271 e. The van der Waals surface area contributed by atoms with Gasteiger partial charge in [0, 0.05) is 30.8 Å². The van der Waals surface area contributed by atoms with Gasteiger partial charge in [0.05, 0.1) is 6.21 Å². The van der Waals surface area contributed by atoms with Crippen LogP contribution in [0.4, 0.5) is 5.69 Å². The fourth-order valence-electron chi connectivity index (χ4n) is 2.45. The van der Waals surface area contributed by atoms with Crippen molar-refractivity contribution in [2.24, 2.45) is 5.10 Å². The van der Waals surface area contributed by atoms with E-state index in [4.69, 9.17) is 16.3 Å². The normalized spacial score (nSPS) is 10.7. The first kappa shape index (κ1) is 23.0. The fraction of sp³-hybridized carbons (Fsp3) is 0.0455. The van der Waals surface area contributed by atoms with Gasteiger partial charge in [0.1, 0.15) is 5.75 Å². The maximum atomic E-state index is 12.2. The molecule has 0 saturated carbocycles. The van der Waals surface area contributed by atoms with E-state index in [1.807, 2.05) is 0 Å². The molecule has 3 rings (SSSR count). The lowest BCUT2D eigenvalue weighted by Crippen LogP contribution is -2.20. The number of benzene rings is 3. The summed E-state index contributed by atoms with van der Waals surface area (Å²) in [4.78, 5) is 24.3. The highest BCUT2D eigenvalue weighted by molar-refractivity contribution is 9.10. The van der Waals surface area contributed by atoms with Crippen LogP contribution in [0, 0.1) is 0 Å². The van der Waals surface area contributed by atoms with Gasteiger partial charge < -0.3 is 10.1 Å². The standard InChI is InChI=1S/C22H16Br2ClN3O3/c23-16-3-1-14(2-4-16)22(30)28-26-12-15-11-17(24)5-10-20(15)31-13-21(29)27-19-8-6-18(25)7-9-19/h1-12H,13H2,(H,27,29)(H,28,30)/b26-12+. The summed E-state index contributed by atoms with van der Waals surface area (Å²) in [5, 5.41) is 7.30. The molecule has 0 radical (unpaired) electrons. The van der Waals surface area contributed by atoms with Gasteiger partial charge in [-0.3, -0.25) is 9.59 Å². The van der Waals surface area contributed by atoms with Gasteiger partial charge in [-0.15, -0.1) is 0 Å². The van der Waals surface area contributed by atoms with Gasteiger partial charge in [0.2, 0.25) is 0 Å². The number of nitrogens with one attached hydrogen (secondary N) is 2. The lowest BCUT2D eigenvalue weighted by atomic mass is 10.2. The zero-order valence-electron chi connectivity index (χ0n) is 15.9. The number of hydrogen-bond acceptors (Lipinski definition) is 4. The summed E-state index contributed by atoms with van der Waals surface area (Å²) in [6, 6.07) is 18.9. The minimum Gasteiger partial charge on any atom is -0.483 e. The van der Waals surface area contributed by atoms with Gasteiger partial charge in [-0.05, 0) is 66.7 Å². The fourth-order valence-corrected chi connectivity index (χ4v) is 3.22. The number of hydrogen-bond donors (Lipinski definition) is 2. The van der Waals surface area contributed by atoms with Crippen LogP contribution in [0.25, 0.3) is 0 Å². The summed E-state index contributed by atoms with van der Waals surface area (Å²) in [6.45, 7) is -0.198. The van der Waals surface area contributed by atoms with Gasteiger partial charge in [0.15, 0.2) is 6.61 Å². The summed E-state index contributed by atoms with van der Waals surface area (Å²) >= 11 is 12.6. The van der Waals surface area contributed by atoms with E-state index in [2.05, 4.69) is 47.7 Å². The molecule has 2 amide bonds. The Balaban J connectivity index is 1.61. The first-order valence-electron chi connectivity index (χ1n) is 8.97. The Bertz CT molecular complexity index is 1100. The van der Waals surface area contributed by atoms with Crippen molar-refractivity contribution in [2.45, 2.75) is 0 Å². The molecule has 0 unspecified atom stereocenters. The van der Waals surface area contributed by atoms with Crippen LogP contribution in [0.2, 0.25) is 5.02 Å². The molecule has 0 bridgehead atoms. The smallest absolute Gasteiger partial charge is 0.271 e. The average molecular weight is 566 g/mol. The summed E-state index contributed by atoms with van der Waals surface area (Å²) in [5.41, 5.74) is 4.15. The predicted octanol–water partition coefficient (Wildman–Crippen LogP) is 5.65. The second-order valence-corrected chi connectivity index (χ2v) is 8.50. The first-order chi connectivity index (χ1) is 14.9. The lowest BCUT2D eigenvalue weighted by Gasteiger charge is -2.10. The number of hydrazone groups is 1. The van der Waals surface area contributed by atoms with E-state index in [-0.39, 0.29) is 18.4 Å². The van der Waals surface area contributed by atoms with Gasteiger partial charge in [-0.25, -0.2) is 5.43 Å². The Morgan fingerprint density at radius 3 is 2.35 bits per heavy atom. The summed E-state index contributed by atoms with van der Waals surface area (Å²) < 4.78 is 7.31. The summed E-state index contributed by atoms with van der Waals surface area (Å²) in [5.74, 6) is -0.226. The lowest BCUT2D eigenvalue weighted by molar-refractivity contribution is -0.118. The molecule has 31 heavy (non-hydrogen) atoms. The SMILES string of the molecule is O=C(COc1ccc(Br)cc1/C=N/NC(=O)c1ccc(Br)cc1)Nc1ccc(Cl)cc1. The molecule has 0 saturated heterocycles. The molecule has 0 spiro atoms. The first-order valence-corrected chi connectivity index (χ1v) is 10.9. The highest BCUT2D eigenvalue weighted by Gasteiger charge is 2.08. The number of rotatable bonds is 7. The third-order valence-electron chi connectivity index (χ3n) is 3.93. The monoisotopic (exact) mass is 563 g/mol. The van der Waals surface area contributed by atoms with Crippen molar-refractivity contribution in [3.63, 3.8) is 0 Å². The van der Waals surface area contributed by atoms with Gasteiger partial charge in [0.25, 0.3) is 11.8 Å². The van der Waals surface area contributed by atoms with E-state index >= 15 is 0 Å². The Morgan fingerprint density at radius 1 is 0.968 bits per heavy atom. The molecule has 0 fully saturated rings. The van der Waals surface area contributed by atoms with E-state index < -0.39 is 0 Å². The molecule has 0 aromatic heterocycles. The molecule has 6 nitrogen and oxygen atoms in total. The number of halogens is 3. The quantitative estimate of drug-likeness (QED) is 0.287. The van der Waals surface area contributed by atoms with Crippen molar-refractivity contribution < 1.29 is 14.3 Å². The number of carbonyl (C=O) groups excluding carboxylic acids is 2. The molecule has 0 aliphatic heterocycles. The molecular formula is C22H16Br2ClN3O3. The number of ether oxygens (including phenoxy) is 1. The Labute approximate surface area is 200 Å². The Morgan fingerprint density at radius 2 is 1.65 bits per heavy atom. The minimum atomic E-state index is -0.344. The zero-order chi connectivity index (χ0) is 22.2. The Hall–Kier alpha value is -2.68. The van der Waals surface area contributed by atoms with Gasteiger partial charge >= 0.3 is 0 Å². The number of nitrogens with zero attached hydrogens (tertiary/aromatic N) is 1. The van der Waals surface area contributed by atoms with Crippen molar-refractivity contribution in [2.75, 3.05) is 11.9 Å². The molecule has 158 valence electrons. The molecule has 0 atom stereocenters. The van der Waals surface area contributed by atoms with Crippen LogP contribution in [-0.2, 0) is 4.79 Å². The Kier molecular flexibility index (Phi) is 8.22. The van der Waals surface area contributed by atoms with Crippen LogP contribution in [0.5, 0.6) is 5.75 Å². The van der Waals surface area contributed by atoms with Crippen LogP contribution < -0.4 is 15.5 Å². The second-order valence-electron chi connectivity index (χ2n) is 6.23. The van der Waals surface area contributed by atoms with Gasteiger partial charge in [-0.1, -0.05) is 43.5 Å². The molecule has 3 aromatic rings. The van der Waals surface area contributed by atoms with Crippen molar-refractivity contribution >= 4 is 67.2 Å². The molecule has 2 N–H and O–H groups in total. The molecular weight excluding hydrogens is 550 g/mol. The van der Waals surface area contributed by atoms with Crippen LogP contribution in [0.1, 0.15) is 15.9 Å². The predicted molar refractivity (Wildman–Crippen MR) is 129 cm³/mol. The topological polar surface area (TPSA) is 79.8 Å². The highest BCUT2D eigenvalue weighted by Crippen LogP contribution is 2.22. The summed E-state index contributed by atoms with van der Waals surface area (Å²) in [7, 11) is 0. The summed E-state index contributed by atoms with van der Waals surface area (Å²) in [6.07, 6.45) is 1.45. The molecule has 9 heteroatoms. The van der Waals surface area contributed by atoms with Crippen LogP contribution in [0.15, 0.2) is 80.8 Å². The van der Waals surface area contributed by atoms with Gasteiger partial charge in [-0.2, -0.15) is 5.10 Å². The van der Waals surface area contributed by atoms with E-state index in [1.165, 1.54) is 6.21 Å². The third kappa shape index (κ3) is 7.20.